The van der Waals surface area contributed by atoms with Gasteiger partial charge < -0.3 is 10.6 Å². The average Bonchev–Trinajstić information content (AvgIpc) is 2.58. The van der Waals surface area contributed by atoms with Crippen LogP contribution in [0.25, 0.3) is 0 Å². The van der Waals surface area contributed by atoms with Gasteiger partial charge in [-0.05, 0) is 30.3 Å². The molecule has 7 nitrogen and oxygen atoms in total. The fourth-order valence-corrected chi connectivity index (χ4v) is 3.10. The quantitative estimate of drug-likeness (QED) is 0.345. The number of nitrogens with one attached hydrogen (secondary N) is 2. The van der Waals surface area contributed by atoms with Crippen molar-refractivity contribution in [1.82, 2.24) is 9.97 Å². The summed E-state index contributed by atoms with van der Waals surface area (Å²) >= 11 is 24.0. The molecular weight excluding hydrogens is 436 g/mol. The fourth-order valence-electron chi connectivity index (χ4n) is 2.23. The van der Waals surface area contributed by atoms with E-state index in [0.717, 1.165) is 0 Å². The Kier molecular flexibility index (Phi) is 5.86. The van der Waals surface area contributed by atoms with Gasteiger partial charge in [0.15, 0.2) is 0 Å². The summed E-state index contributed by atoms with van der Waals surface area (Å²) in [5, 5.41) is 18.5. The minimum absolute atomic E-state index is 0.0472. The van der Waals surface area contributed by atoms with Crippen molar-refractivity contribution in [3.05, 3.63) is 72.9 Å². The molecule has 3 rings (SSSR count). The van der Waals surface area contributed by atoms with Gasteiger partial charge in [0, 0.05) is 15.7 Å². The molecule has 0 bridgehead atoms. The molecule has 0 atom stereocenters. The van der Waals surface area contributed by atoms with Crippen LogP contribution >= 0.6 is 46.4 Å². The zero-order valence-electron chi connectivity index (χ0n) is 13.2. The molecule has 0 aliphatic carbocycles. The number of nitrogens with zero attached hydrogens (tertiary/aromatic N) is 3. The molecule has 138 valence electrons. The number of hydrogen-bond donors (Lipinski definition) is 2. The molecule has 0 aliphatic rings. The summed E-state index contributed by atoms with van der Waals surface area (Å²) in [7, 11) is 0. The van der Waals surface area contributed by atoms with Gasteiger partial charge >= 0.3 is 5.69 Å². The highest BCUT2D eigenvalue weighted by atomic mass is 35.5. The Bertz CT molecular complexity index is 1010. The summed E-state index contributed by atoms with van der Waals surface area (Å²) in [5.41, 5.74) is 0.411. The highest BCUT2D eigenvalue weighted by molar-refractivity contribution is 6.43. The Labute approximate surface area is 173 Å². The van der Waals surface area contributed by atoms with Crippen molar-refractivity contribution in [2.45, 2.75) is 0 Å². The predicted molar refractivity (Wildman–Crippen MR) is 108 cm³/mol. The second-order valence-corrected chi connectivity index (χ2v) is 6.84. The lowest BCUT2D eigenvalue weighted by molar-refractivity contribution is -0.383. The topological polar surface area (TPSA) is 93.0 Å². The molecule has 2 N–H and O–H groups in total. The van der Waals surface area contributed by atoms with Crippen molar-refractivity contribution >= 4 is 75.1 Å². The minimum Gasteiger partial charge on any atom is -0.334 e. The van der Waals surface area contributed by atoms with Crippen molar-refractivity contribution in [2.75, 3.05) is 10.6 Å². The number of benzene rings is 2. The van der Waals surface area contributed by atoms with Crippen LogP contribution in [0.15, 0.2) is 42.7 Å². The van der Waals surface area contributed by atoms with E-state index in [9.17, 15) is 10.1 Å². The Morgan fingerprint density at radius 1 is 0.926 bits per heavy atom. The number of nitro groups is 1. The molecule has 3 aromatic rings. The molecule has 1 aromatic heterocycles. The Morgan fingerprint density at radius 2 is 1.56 bits per heavy atom. The van der Waals surface area contributed by atoms with Gasteiger partial charge in [0.1, 0.15) is 6.33 Å². The third-order valence-corrected chi connectivity index (χ3v) is 4.59. The maximum absolute atomic E-state index is 11.6. The number of hydrogen-bond acceptors (Lipinski definition) is 6. The van der Waals surface area contributed by atoms with E-state index in [1.54, 1.807) is 30.3 Å². The molecule has 0 unspecified atom stereocenters. The molecule has 0 fully saturated rings. The Morgan fingerprint density at radius 3 is 2.19 bits per heavy atom. The average molecular weight is 445 g/mol. The van der Waals surface area contributed by atoms with Crippen LogP contribution < -0.4 is 10.6 Å². The van der Waals surface area contributed by atoms with Crippen LogP contribution in [-0.4, -0.2) is 14.9 Å². The number of anilines is 4. The Hall–Kier alpha value is -2.32. The lowest BCUT2D eigenvalue weighted by atomic mass is 10.3. The van der Waals surface area contributed by atoms with Crippen molar-refractivity contribution in [3.8, 4) is 0 Å². The van der Waals surface area contributed by atoms with Crippen LogP contribution in [0, 0.1) is 10.1 Å². The zero-order valence-corrected chi connectivity index (χ0v) is 16.2. The van der Waals surface area contributed by atoms with Crippen molar-refractivity contribution in [2.24, 2.45) is 0 Å². The largest absolute Gasteiger partial charge is 0.353 e. The molecule has 27 heavy (non-hydrogen) atoms. The summed E-state index contributed by atoms with van der Waals surface area (Å²) in [4.78, 5) is 18.9. The van der Waals surface area contributed by atoms with Crippen molar-refractivity contribution in [3.63, 3.8) is 0 Å². The lowest BCUT2D eigenvalue weighted by Gasteiger charge is -2.11. The Balaban J connectivity index is 2.02. The van der Waals surface area contributed by atoms with Gasteiger partial charge in [0.25, 0.3) is 0 Å². The summed E-state index contributed by atoms with van der Waals surface area (Å²) in [6.45, 7) is 0. The van der Waals surface area contributed by atoms with Gasteiger partial charge in [-0.1, -0.05) is 52.5 Å². The van der Waals surface area contributed by atoms with Gasteiger partial charge in [0.05, 0.1) is 20.7 Å². The van der Waals surface area contributed by atoms with E-state index in [2.05, 4.69) is 20.6 Å². The SMILES string of the molecule is O=[N+]([O-])c1c(Nc2cc(Cl)cc(Cl)c2)ncnc1Nc1cccc(Cl)c1Cl. The van der Waals surface area contributed by atoms with Crippen LogP contribution in [-0.2, 0) is 0 Å². The first-order valence-electron chi connectivity index (χ1n) is 7.28. The highest BCUT2D eigenvalue weighted by Crippen LogP contribution is 2.37. The smallest absolute Gasteiger partial charge is 0.334 e. The summed E-state index contributed by atoms with van der Waals surface area (Å²) in [6.07, 6.45) is 1.17. The first kappa shape index (κ1) is 19.4. The summed E-state index contributed by atoms with van der Waals surface area (Å²) < 4.78 is 0. The second-order valence-electron chi connectivity index (χ2n) is 5.19. The molecule has 0 aliphatic heterocycles. The third-order valence-electron chi connectivity index (χ3n) is 3.33. The van der Waals surface area contributed by atoms with E-state index in [-0.39, 0.29) is 22.3 Å². The van der Waals surface area contributed by atoms with Crippen molar-refractivity contribution < 1.29 is 4.92 Å². The third kappa shape index (κ3) is 4.51. The van der Waals surface area contributed by atoms with Crippen molar-refractivity contribution in [1.29, 1.82) is 0 Å². The standard InChI is InChI=1S/C16H9Cl4N5O2/c17-8-4-9(18)6-10(5-8)23-15-14(25(26)27)16(22-7-21-15)24-12-3-1-2-11(19)13(12)20/h1-7H,(H2,21,22,23,24). The van der Waals surface area contributed by atoms with Crippen LogP contribution in [0.4, 0.5) is 28.7 Å². The van der Waals surface area contributed by atoms with Gasteiger partial charge in [-0.3, -0.25) is 10.1 Å². The molecule has 0 saturated heterocycles. The van der Waals surface area contributed by atoms with E-state index in [0.29, 0.717) is 26.4 Å². The first-order chi connectivity index (χ1) is 12.8. The van der Waals surface area contributed by atoms with Gasteiger partial charge in [0.2, 0.25) is 11.6 Å². The van der Waals surface area contributed by atoms with E-state index < -0.39 is 4.92 Å². The minimum atomic E-state index is -0.616. The lowest BCUT2D eigenvalue weighted by Crippen LogP contribution is -2.05. The predicted octanol–water partition coefficient (Wildman–Crippen LogP) is 6.49. The van der Waals surface area contributed by atoms with E-state index in [4.69, 9.17) is 46.4 Å². The molecular formula is C16H9Cl4N5O2. The normalized spacial score (nSPS) is 10.5. The van der Waals surface area contributed by atoms with E-state index >= 15 is 0 Å². The van der Waals surface area contributed by atoms with E-state index in [1.807, 2.05) is 0 Å². The number of aromatic nitrogens is 2. The van der Waals surface area contributed by atoms with Crippen LogP contribution in [0.3, 0.4) is 0 Å². The van der Waals surface area contributed by atoms with E-state index in [1.165, 1.54) is 12.4 Å². The molecule has 2 aromatic carbocycles. The summed E-state index contributed by atoms with van der Waals surface area (Å²) in [5.74, 6) is -0.108. The second kappa shape index (κ2) is 8.14. The number of halogens is 4. The van der Waals surface area contributed by atoms with Crippen LogP contribution in [0.5, 0.6) is 0 Å². The molecule has 0 radical (unpaired) electrons. The molecule has 0 spiro atoms. The maximum Gasteiger partial charge on any atom is 0.353 e. The molecule has 0 amide bonds. The fraction of sp³-hybridized carbons (Fsp3) is 0. The maximum atomic E-state index is 11.6. The van der Waals surface area contributed by atoms with Crippen LogP contribution in [0.1, 0.15) is 0 Å². The van der Waals surface area contributed by atoms with Gasteiger partial charge in [-0.25, -0.2) is 9.97 Å². The first-order valence-corrected chi connectivity index (χ1v) is 8.80. The molecule has 0 saturated carbocycles. The molecule has 11 heteroatoms. The van der Waals surface area contributed by atoms with Gasteiger partial charge in [-0.2, -0.15) is 0 Å². The van der Waals surface area contributed by atoms with Crippen LogP contribution in [0.2, 0.25) is 20.1 Å². The number of rotatable bonds is 5. The zero-order chi connectivity index (χ0) is 19.6. The molecule has 1 heterocycles. The van der Waals surface area contributed by atoms with Gasteiger partial charge in [-0.15, -0.1) is 0 Å². The summed E-state index contributed by atoms with van der Waals surface area (Å²) in [6, 6.07) is 9.51. The monoisotopic (exact) mass is 443 g/mol. The highest BCUT2D eigenvalue weighted by Gasteiger charge is 2.24.